The van der Waals surface area contributed by atoms with Crippen molar-refractivity contribution in [3.63, 3.8) is 0 Å². The lowest BCUT2D eigenvalue weighted by Gasteiger charge is -2.15. The Labute approximate surface area is 158 Å². The predicted octanol–water partition coefficient (Wildman–Crippen LogP) is 2.67. The Hall–Kier alpha value is -2.71. The molecule has 0 aliphatic carbocycles. The highest BCUT2D eigenvalue weighted by Crippen LogP contribution is 2.19. The van der Waals surface area contributed by atoms with Gasteiger partial charge in [0.2, 0.25) is 21.9 Å². The highest BCUT2D eigenvalue weighted by Gasteiger charge is 2.23. The average molecular weight is 386 g/mol. The molecule has 1 heterocycles. The summed E-state index contributed by atoms with van der Waals surface area (Å²) in [6.45, 7) is 5.95. The van der Waals surface area contributed by atoms with Crippen LogP contribution in [0.5, 0.6) is 0 Å². The van der Waals surface area contributed by atoms with Gasteiger partial charge in [-0.1, -0.05) is 29.8 Å². The molecular formula is C19H22N4O3S. The molecule has 8 heteroatoms. The third-order valence-electron chi connectivity index (χ3n) is 4.26. The summed E-state index contributed by atoms with van der Waals surface area (Å²) in [6, 6.07) is 13.1. The lowest BCUT2D eigenvalue weighted by molar-refractivity contribution is -0.117. The summed E-state index contributed by atoms with van der Waals surface area (Å²) in [7, 11) is -3.79. The van der Waals surface area contributed by atoms with Gasteiger partial charge in [-0.2, -0.15) is 4.72 Å². The van der Waals surface area contributed by atoms with E-state index in [2.05, 4.69) is 15.0 Å². The van der Waals surface area contributed by atoms with Gasteiger partial charge >= 0.3 is 0 Å². The largest absolute Gasteiger partial charge is 0.310 e. The molecule has 2 N–H and O–H groups in total. The molecule has 0 aliphatic rings. The highest BCUT2D eigenvalue weighted by molar-refractivity contribution is 7.89. The van der Waals surface area contributed by atoms with Crippen molar-refractivity contribution in [2.24, 2.45) is 0 Å². The number of hydrogen-bond acceptors (Lipinski definition) is 4. The summed E-state index contributed by atoms with van der Waals surface area (Å²) in [5, 5.41) is 2.72. The molecule has 3 rings (SSSR count). The van der Waals surface area contributed by atoms with Crippen molar-refractivity contribution in [3.05, 3.63) is 54.1 Å². The molecule has 0 spiro atoms. The molecular weight excluding hydrogens is 364 g/mol. The van der Waals surface area contributed by atoms with Gasteiger partial charge in [0, 0.05) is 6.54 Å². The Balaban J connectivity index is 1.77. The zero-order chi connectivity index (χ0) is 19.6. The fraction of sp³-hybridized carbons (Fsp3) is 0.263. The van der Waals surface area contributed by atoms with E-state index in [1.54, 1.807) is 12.1 Å². The zero-order valence-corrected chi connectivity index (χ0v) is 16.2. The van der Waals surface area contributed by atoms with Crippen molar-refractivity contribution in [1.29, 1.82) is 0 Å². The van der Waals surface area contributed by atoms with E-state index in [4.69, 9.17) is 0 Å². The summed E-state index contributed by atoms with van der Waals surface area (Å²) in [6.07, 6.45) is 0. The van der Waals surface area contributed by atoms with Gasteiger partial charge in [0.15, 0.2) is 0 Å². The summed E-state index contributed by atoms with van der Waals surface area (Å²) in [5.41, 5.74) is 2.63. The van der Waals surface area contributed by atoms with Crippen LogP contribution in [0.2, 0.25) is 0 Å². The molecule has 2 aromatic carbocycles. The van der Waals surface area contributed by atoms with Crippen LogP contribution < -0.4 is 10.0 Å². The van der Waals surface area contributed by atoms with Crippen molar-refractivity contribution in [3.8, 4) is 0 Å². The third kappa shape index (κ3) is 4.01. The van der Waals surface area contributed by atoms with Crippen LogP contribution in [-0.4, -0.2) is 29.9 Å². The van der Waals surface area contributed by atoms with E-state index in [1.807, 2.05) is 42.7 Å². The number of amides is 1. The first-order chi connectivity index (χ1) is 12.8. The third-order valence-corrected chi connectivity index (χ3v) is 5.82. The number of para-hydroxylation sites is 2. The standard InChI is InChI=1S/C19H22N4O3S/c1-4-23-17-8-6-5-7-16(17)20-19(23)21-18(24)14(3)22-27(25,26)15-11-9-13(2)10-12-15/h5-12,14,22H,4H2,1-3H3,(H,20,21,24). The molecule has 27 heavy (non-hydrogen) atoms. The Morgan fingerprint density at radius 1 is 1.15 bits per heavy atom. The first-order valence-corrected chi connectivity index (χ1v) is 10.2. The van der Waals surface area contributed by atoms with E-state index >= 15 is 0 Å². The second-order valence-corrected chi connectivity index (χ2v) is 8.03. The maximum atomic E-state index is 12.5. The summed E-state index contributed by atoms with van der Waals surface area (Å²) < 4.78 is 29.2. The lowest BCUT2D eigenvalue weighted by Crippen LogP contribution is -2.41. The van der Waals surface area contributed by atoms with Gasteiger partial charge in [-0.15, -0.1) is 0 Å². The maximum Gasteiger partial charge on any atom is 0.244 e. The van der Waals surface area contributed by atoms with Crippen LogP contribution in [0.15, 0.2) is 53.4 Å². The Bertz CT molecular complexity index is 1070. The van der Waals surface area contributed by atoms with Crippen molar-refractivity contribution in [1.82, 2.24) is 14.3 Å². The average Bonchev–Trinajstić information content (AvgIpc) is 2.98. The number of rotatable bonds is 6. The number of aromatic nitrogens is 2. The van der Waals surface area contributed by atoms with Gasteiger partial charge in [0.25, 0.3) is 0 Å². The van der Waals surface area contributed by atoms with E-state index in [0.717, 1.165) is 16.6 Å². The van der Waals surface area contributed by atoms with Gasteiger partial charge in [0.05, 0.1) is 22.0 Å². The predicted molar refractivity (Wildman–Crippen MR) is 105 cm³/mol. The number of carbonyl (C=O) groups excluding carboxylic acids is 1. The molecule has 0 bridgehead atoms. The van der Waals surface area contributed by atoms with Crippen LogP contribution in [0.3, 0.4) is 0 Å². The molecule has 0 fully saturated rings. The zero-order valence-electron chi connectivity index (χ0n) is 15.4. The molecule has 7 nitrogen and oxygen atoms in total. The summed E-state index contributed by atoms with van der Waals surface area (Å²) in [5.74, 6) is -0.0826. The monoisotopic (exact) mass is 386 g/mol. The quantitative estimate of drug-likeness (QED) is 0.681. The van der Waals surface area contributed by atoms with Crippen LogP contribution >= 0.6 is 0 Å². The second-order valence-electron chi connectivity index (χ2n) is 6.31. The Morgan fingerprint density at radius 3 is 2.48 bits per heavy atom. The van der Waals surface area contributed by atoms with Crippen molar-refractivity contribution in [2.75, 3.05) is 5.32 Å². The normalized spacial score (nSPS) is 12.9. The fourth-order valence-corrected chi connectivity index (χ4v) is 3.98. The second kappa shape index (κ2) is 7.50. The Kier molecular flexibility index (Phi) is 5.29. The molecule has 1 unspecified atom stereocenters. The number of benzene rings is 2. The molecule has 0 saturated heterocycles. The topological polar surface area (TPSA) is 93.1 Å². The summed E-state index contributed by atoms with van der Waals surface area (Å²) in [4.78, 5) is 17.1. The van der Waals surface area contributed by atoms with E-state index in [0.29, 0.717) is 12.5 Å². The number of carbonyl (C=O) groups is 1. The number of nitrogens with one attached hydrogen (secondary N) is 2. The van der Waals surface area contributed by atoms with Crippen molar-refractivity contribution in [2.45, 2.75) is 38.3 Å². The van der Waals surface area contributed by atoms with E-state index in [1.165, 1.54) is 19.1 Å². The van der Waals surface area contributed by atoms with Crippen LogP contribution in [0.25, 0.3) is 11.0 Å². The first-order valence-electron chi connectivity index (χ1n) is 8.67. The lowest BCUT2D eigenvalue weighted by atomic mass is 10.2. The molecule has 142 valence electrons. The van der Waals surface area contributed by atoms with Crippen LogP contribution in [0.4, 0.5) is 5.95 Å². The van der Waals surface area contributed by atoms with Crippen molar-refractivity contribution >= 4 is 32.9 Å². The number of sulfonamides is 1. The molecule has 1 amide bonds. The minimum Gasteiger partial charge on any atom is -0.310 e. The smallest absolute Gasteiger partial charge is 0.244 e. The number of imidazole rings is 1. The number of nitrogens with zero attached hydrogens (tertiary/aromatic N) is 2. The van der Waals surface area contributed by atoms with Gasteiger partial charge in [-0.25, -0.2) is 13.4 Å². The van der Waals surface area contributed by atoms with Gasteiger partial charge < -0.3 is 4.57 Å². The fourth-order valence-electron chi connectivity index (χ4n) is 2.78. The number of aryl methyl sites for hydroxylation is 2. The number of fused-ring (bicyclic) bond motifs is 1. The minimum atomic E-state index is -3.79. The van der Waals surface area contributed by atoms with Crippen LogP contribution in [-0.2, 0) is 21.4 Å². The molecule has 1 atom stereocenters. The Morgan fingerprint density at radius 2 is 1.81 bits per heavy atom. The molecule has 0 radical (unpaired) electrons. The molecule has 3 aromatic rings. The molecule has 1 aromatic heterocycles. The molecule has 0 saturated carbocycles. The number of hydrogen-bond donors (Lipinski definition) is 2. The maximum absolute atomic E-state index is 12.5. The van der Waals surface area contributed by atoms with Crippen LogP contribution in [0, 0.1) is 6.92 Å². The van der Waals surface area contributed by atoms with Gasteiger partial charge in [-0.3, -0.25) is 10.1 Å². The van der Waals surface area contributed by atoms with Gasteiger partial charge in [0.1, 0.15) is 0 Å². The van der Waals surface area contributed by atoms with E-state index < -0.39 is 22.0 Å². The first kappa shape index (κ1) is 19.1. The van der Waals surface area contributed by atoms with E-state index in [9.17, 15) is 13.2 Å². The SMILES string of the molecule is CCn1c(NC(=O)C(C)NS(=O)(=O)c2ccc(C)cc2)nc2ccccc21. The minimum absolute atomic E-state index is 0.119. The van der Waals surface area contributed by atoms with Crippen LogP contribution in [0.1, 0.15) is 19.4 Å². The number of anilines is 1. The summed E-state index contributed by atoms with van der Waals surface area (Å²) >= 11 is 0. The van der Waals surface area contributed by atoms with Crippen molar-refractivity contribution < 1.29 is 13.2 Å². The van der Waals surface area contributed by atoms with E-state index in [-0.39, 0.29) is 4.90 Å². The van der Waals surface area contributed by atoms with Gasteiger partial charge in [-0.05, 0) is 45.0 Å². The highest BCUT2D eigenvalue weighted by atomic mass is 32.2. The molecule has 0 aliphatic heterocycles.